The maximum atomic E-state index is 12.5. The molecule has 0 bridgehead atoms. The van der Waals surface area contributed by atoms with E-state index in [4.69, 9.17) is 0 Å². The molecule has 4 heteroatoms. The first-order valence-corrected chi connectivity index (χ1v) is 8.63. The highest BCUT2D eigenvalue weighted by atomic mass is 32.1. The minimum absolute atomic E-state index is 0.00308. The van der Waals surface area contributed by atoms with Gasteiger partial charge in [-0.05, 0) is 44.2 Å². The first-order chi connectivity index (χ1) is 9.69. The average molecular weight is 292 g/mol. The molecule has 2 atom stereocenters. The fraction of sp³-hybridized carbons (Fsp3) is 0.688. The van der Waals surface area contributed by atoms with Crippen molar-refractivity contribution >= 4 is 17.2 Å². The van der Waals surface area contributed by atoms with Crippen molar-refractivity contribution < 1.29 is 4.79 Å². The molecule has 3 nitrogen and oxygen atoms in total. The van der Waals surface area contributed by atoms with Crippen LogP contribution in [-0.2, 0) is 4.79 Å². The number of nitrogens with one attached hydrogen (secondary N) is 1. The number of aryl methyl sites for hydroxylation is 1. The number of hydrogen-bond acceptors (Lipinski definition) is 3. The summed E-state index contributed by atoms with van der Waals surface area (Å²) in [6, 6.07) is 4.31. The molecule has 110 valence electrons. The minimum Gasteiger partial charge on any atom is -0.321 e. The largest absolute Gasteiger partial charge is 0.321 e. The van der Waals surface area contributed by atoms with Crippen LogP contribution in [0.1, 0.15) is 54.9 Å². The number of rotatable bonds is 6. The number of carbonyl (C=O) groups is 1. The van der Waals surface area contributed by atoms with Gasteiger partial charge in [-0.2, -0.15) is 0 Å². The van der Waals surface area contributed by atoms with Gasteiger partial charge in [0, 0.05) is 16.3 Å². The Kier molecular flexibility index (Phi) is 4.13. The Balaban J connectivity index is 1.69. The Hall–Kier alpha value is -0.870. The van der Waals surface area contributed by atoms with Gasteiger partial charge in [-0.1, -0.05) is 19.8 Å². The van der Waals surface area contributed by atoms with Crippen LogP contribution in [0, 0.1) is 12.8 Å². The second kappa shape index (κ2) is 5.86. The van der Waals surface area contributed by atoms with Gasteiger partial charge in [0.05, 0.1) is 6.04 Å². The predicted molar refractivity (Wildman–Crippen MR) is 82.7 cm³/mol. The molecule has 2 fully saturated rings. The van der Waals surface area contributed by atoms with E-state index in [2.05, 4.69) is 36.2 Å². The normalized spacial score (nSPS) is 26.5. The first-order valence-electron chi connectivity index (χ1n) is 7.82. The van der Waals surface area contributed by atoms with Crippen molar-refractivity contribution in [2.75, 3.05) is 6.54 Å². The van der Waals surface area contributed by atoms with Gasteiger partial charge in [0.25, 0.3) is 0 Å². The van der Waals surface area contributed by atoms with Gasteiger partial charge in [-0.15, -0.1) is 11.3 Å². The predicted octanol–water partition coefficient (Wildman–Crippen LogP) is 3.46. The minimum atomic E-state index is 0.00308. The van der Waals surface area contributed by atoms with Crippen molar-refractivity contribution in [2.24, 2.45) is 5.92 Å². The summed E-state index contributed by atoms with van der Waals surface area (Å²) >= 11 is 1.80. The van der Waals surface area contributed by atoms with Crippen molar-refractivity contribution in [1.29, 1.82) is 0 Å². The second-order valence-electron chi connectivity index (χ2n) is 6.10. The van der Waals surface area contributed by atoms with Gasteiger partial charge in [0.1, 0.15) is 6.17 Å². The summed E-state index contributed by atoms with van der Waals surface area (Å²) in [5.41, 5.74) is 0. The number of hydrogen-bond donors (Lipinski definition) is 1. The van der Waals surface area contributed by atoms with Crippen LogP contribution in [0.4, 0.5) is 0 Å². The maximum absolute atomic E-state index is 12.5. The fourth-order valence-electron chi connectivity index (χ4n) is 3.00. The lowest BCUT2D eigenvalue weighted by atomic mass is 10.2. The molecule has 1 saturated heterocycles. The van der Waals surface area contributed by atoms with Crippen LogP contribution >= 0.6 is 11.3 Å². The topological polar surface area (TPSA) is 32.3 Å². The van der Waals surface area contributed by atoms with E-state index < -0.39 is 0 Å². The van der Waals surface area contributed by atoms with Gasteiger partial charge in [0.2, 0.25) is 5.91 Å². The van der Waals surface area contributed by atoms with Crippen LogP contribution in [0.5, 0.6) is 0 Å². The molecule has 2 unspecified atom stereocenters. The molecule has 2 aliphatic rings. The van der Waals surface area contributed by atoms with Crippen LogP contribution in [0.3, 0.4) is 0 Å². The van der Waals surface area contributed by atoms with Gasteiger partial charge in [-0.25, -0.2) is 0 Å². The maximum Gasteiger partial charge on any atom is 0.241 e. The van der Waals surface area contributed by atoms with E-state index in [1.54, 1.807) is 11.3 Å². The van der Waals surface area contributed by atoms with Gasteiger partial charge in [0.15, 0.2) is 0 Å². The lowest BCUT2D eigenvalue weighted by Crippen LogP contribution is -2.31. The Bertz CT molecular complexity index is 481. The molecule has 20 heavy (non-hydrogen) atoms. The first kappa shape index (κ1) is 14.1. The van der Waals surface area contributed by atoms with Gasteiger partial charge in [-0.3, -0.25) is 10.1 Å². The summed E-state index contributed by atoms with van der Waals surface area (Å²) in [7, 11) is 0. The van der Waals surface area contributed by atoms with E-state index in [-0.39, 0.29) is 12.2 Å². The molecule has 1 N–H and O–H groups in total. The van der Waals surface area contributed by atoms with E-state index >= 15 is 0 Å². The zero-order valence-electron chi connectivity index (χ0n) is 12.4. The highest BCUT2D eigenvalue weighted by molar-refractivity contribution is 7.12. The third-order valence-electron chi connectivity index (χ3n) is 4.40. The quantitative estimate of drug-likeness (QED) is 0.871. The Morgan fingerprint density at radius 1 is 1.40 bits per heavy atom. The number of amides is 1. The van der Waals surface area contributed by atoms with Crippen molar-refractivity contribution in [3.63, 3.8) is 0 Å². The lowest BCUT2D eigenvalue weighted by Gasteiger charge is -2.23. The van der Waals surface area contributed by atoms with Crippen LogP contribution in [0.25, 0.3) is 0 Å². The number of thiophene rings is 1. The SMILES string of the molecule is CCC1NC(c2ccc(C)s2)N(CCCC2CC2)C1=O. The average Bonchev–Trinajstić information content (AvgIpc) is 3.08. The summed E-state index contributed by atoms with van der Waals surface area (Å²) in [6.07, 6.45) is 6.21. The monoisotopic (exact) mass is 292 g/mol. The molecule has 1 aliphatic carbocycles. The molecule has 1 aromatic rings. The zero-order chi connectivity index (χ0) is 14.1. The van der Waals surface area contributed by atoms with E-state index in [1.165, 1.54) is 29.0 Å². The molecule has 1 aliphatic heterocycles. The smallest absolute Gasteiger partial charge is 0.241 e. The molecule has 1 saturated carbocycles. The molecule has 0 aromatic carbocycles. The standard InChI is InChI=1S/C16H24N2OS/c1-3-13-16(19)18(10-4-5-12-7-8-12)15(17-13)14-9-6-11(2)20-14/h6,9,12-13,15,17H,3-5,7-8,10H2,1-2H3. The van der Waals surface area contributed by atoms with E-state index in [0.29, 0.717) is 5.91 Å². The Morgan fingerprint density at radius 3 is 2.80 bits per heavy atom. The third kappa shape index (κ3) is 2.91. The van der Waals surface area contributed by atoms with Crippen molar-refractivity contribution in [1.82, 2.24) is 10.2 Å². The summed E-state index contributed by atoms with van der Waals surface area (Å²) in [4.78, 5) is 17.1. The second-order valence-corrected chi connectivity index (χ2v) is 7.42. The van der Waals surface area contributed by atoms with Crippen LogP contribution in [-0.4, -0.2) is 23.4 Å². The third-order valence-corrected chi connectivity index (χ3v) is 5.45. The lowest BCUT2D eigenvalue weighted by molar-refractivity contribution is -0.130. The Labute approximate surface area is 125 Å². The molecular formula is C16H24N2OS. The molecule has 0 spiro atoms. The molecule has 1 amide bonds. The zero-order valence-corrected chi connectivity index (χ0v) is 13.2. The summed E-state index contributed by atoms with van der Waals surface area (Å²) < 4.78 is 0. The van der Waals surface area contributed by atoms with Crippen LogP contribution < -0.4 is 5.32 Å². The van der Waals surface area contributed by atoms with Gasteiger partial charge < -0.3 is 4.90 Å². The van der Waals surface area contributed by atoms with Gasteiger partial charge >= 0.3 is 0 Å². The molecule has 2 heterocycles. The summed E-state index contributed by atoms with van der Waals surface area (Å²) in [6.45, 7) is 5.11. The molecular weight excluding hydrogens is 268 g/mol. The van der Waals surface area contributed by atoms with Crippen LogP contribution in [0.15, 0.2) is 12.1 Å². The highest BCUT2D eigenvalue weighted by Gasteiger charge is 2.38. The summed E-state index contributed by atoms with van der Waals surface area (Å²) in [5, 5.41) is 3.51. The Morgan fingerprint density at radius 2 is 2.20 bits per heavy atom. The fourth-order valence-corrected chi connectivity index (χ4v) is 3.95. The van der Waals surface area contributed by atoms with Crippen molar-refractivity contribution in [3.8, 4) is 0 Å². The molecule has 0 radical (unpaired) electrons. The number of carbonyl (C=O) groups excluding carboxylic acids is 1. The van der Waals surface area contributed by atoms with Crippen LogP contribution in [0.2, 0.25) is 0 Å². The highest BCUT2D eigenvalue weighted by Crippen LogP contribution is 2.35. The molecule has 1 aromatic heterocycles. The molecule has 3 rings (SSSR count). The van der Waals surface area contributed by atoms with E-state index in [9.17, 15) is 4.79 Å². The van der Waals surface area contributed by atoms with E-state index in [0.717, 1.165) is 25.3 Å². The van der Waals surface area contributed by atoms with E-state index in [1.807, 2.05) is 0 Å². The van der Waals surface area contributed by atoms with Crippen molar-refractivity contribution in [3.05, 3.63) is 21.9 Å². The van der Waals surface area contributed by atoms with Crippen molar-refractivity contribution in [2.45, 2.75) is 58.2 Å². The summed E-state index contributed by atoms with van der Waals surface area (Å²) in [5.74, 6) is 1.24. The number of nitrogens with zero attached hydrogens (tertiary/aromatic N) is 1.